The zero-order valence-electron chi connectivity index (χ0n) is 18.4. The van der Waals surface area contributed by atoms with E-state index in [2.05, 4.69) is 67.4 Å². The van der Waals surface area contributed by atoms with Gasteiger partial charge in [-0.25, -0.2) is 4.98 Å². The standard InChI is InChI=1S/C27H25N3O.ClH/c1-19-8-10-21(11-9-19)17-31-27(26-16-29-18-30(26)3)22-12-13-23(15-28)25(14-22)24-7-5-4-6-20(24)2;/h4-14,16,18,27H,17H2,1-3H3;1H. The Morgan fingerprint density at radius 2 is 1.75 bits per heavy atom. The number of hydrogen-bond acceptors (Lipinski definition) is 3. The minimum Gasteiger partial charge on any atom is -0.363 e. The highest BCUT2D eigenvalue weighted by Crippen LogP contribution is 2.33. The van der Waals surface area contributed by atoms with Gasteiger partial charge in [-0.05, 0) is 48.2 Å². The summed E-state index contributed by atoms with van der Waals surface area (Å²) in [6.07, 6.45) is 3.32. The van der Waals surface area contributed by atoms with Gasteiger partial charge in [-0.3, -0.25) is 0 Å². The Kier molecular flexibility index (Phi) is 7.48. The highest BCUT2D eigenvalue weighted by molar-refractivity contribution is 5.85. The maximum Gasteiger partial charge on any atom is 0.124 e. The second-order valence-electron chi connectivity index (χ2n) is 7.84. The summed E-state index contributed by atoms with van der Waals surface area (Å²) in [5.74, 6) is 0. The van der Waals surface area contributed by atoms with E-state index in [1.54, 1.807) is 6.33 Å². The lowest BCUT2D eigenvalue weighted by Gasteiger charge is -2.21. The predicted octanol–water partition coefficient (Wildman–Crippen LogP) is 6.30. The van der Waals surface area contributed by atoms with Crippen molar-refractivity contribution in [1.29, 1.82) is 5.26 Å². The first kappa shape index (κ1) is 23.3. The van der Waals surface area contributed by atoms with Crippen LogP contribution in [0.2, 0.25) is 0 Å². The van der Waals surface area contributed by atoms with Crippen molar-refractivity contribution < 1.29 is 4.74 Å². The van der Waals surface area contributed by atoms with Crippen molar-refractivity contribution in [3.8, 4) is 17.2 Å². The maximum atomic E-state index is 9.71. The first-order valence-electron chi connectivity index (χ1n) is 10.3. The smallest absolute Gasteiger partial charge is 0.124 e. The molecule has 1 heterocycles. The van der Waals surface area contributed by atoms with Crippen LogP contribution in [0.15, 0.2) is 79.3 Å². The largest absolute Gasteiger partial charge is 0.363 e. The number of benzene rings is 3. The van der Waals surface area contributed by atoms with E-state index in [4.69, 9.17) is 4.74 Å². The van der Waals surface area contributed by atoms with Crippen molar-refractivity contribution in [2.24, 2.45) is 7.05 Å². The number of rotatable bonds is 6. The molecule has 0 amide bonds. The molecule has 4 aromatic rings. The van der Waals surface area contributed by atoms with Crippen LogP contribution in [0.25, 0.3) is 11.1 Å². The number of nitrogens with zero attached hydrogens (tertiary/aromatic N) is 3. The number of halogens is 1. The highest BCUT2D eigenvalue weighted by Gasteiger charge is 2.20. The third kappa shape index (κ3) is 4.91. The van der Waals surface area contributed by atoms with Gasteiger partial charge in [0.05, 0.1) is 36.5 Å². The van der Waals surface area contributed by atoms with Crippen LogP contribution < -0.4 is 0 Å². The summed E-state index contributed by atoms with van der Waals surface area (Å²) in [5, 5.41) is 9.71. The van der Waals surface area contributed by atoms with Crippen LogP contribution in [0.3, 0.4) is 0 Å². The normalized spacial score (nSPS) is 11.4. The average molecular weight is 444 g/mol. The summed E-state index contributed by atoms with van der Waals surface area (Å²) in [6.45, 7) is 4.62. The monoisotopic (exact) mass is 443 g/mol. The van der Waals surface area contributed by atoms with Crippen molar-refractivity contribution in [2.75, 3.05) is 0 Å². The van der Waals surface area contributed by atoms with Crippen molar-refractivity contribution in [3.63, 3.8) is 0 Å². The molecule has 4 nitrogen and oxygen atoms in total. The van der Waals surface area contributed by atoms with E-state index < -0.39 is 0 Å². The molecule has 0 fully saturated rings. The summed E-state index contributed by atoms with van der Waals surface area (Å²) in [7, 11) is 1.97. The molecule has 162 valence electrons. The van der Waals surface area contributed by atoms with Crippen molar-refractivity contribution in [1.82, 2.24) is 9.55 Å². The summed E-state index contributed by atoms with van der Waals surface area (Å²) in [5.41, 5.74) is 8.06. The van der Waals surface area contributed by atoms with Gasteiger partial charge in [-0.15, -0.1) is 12.4 Å². The van der Waals surface area contributed by atoms with Gasteiger partial charge in [0.15, 0.2) is 0 Å². The lowest BCUT2D eigenvalue weighted by molar-refractivity contribution is 0.0622. The fourth-order valence-electron chi connectivity index (χ4n) is 3.76. The van der Waals surface area contributed by atoms with Crippen LogP contribution in [0.1, 0.15) is 39.6 Å². The molecule has 32 heavy (non-hydrogen) atoms. The lowest BCUT2D eigenvalue weighted by atomic mass is 9.93. The minimum atomic E-state index is -0.302. The van der Waals surface area contributed by atoms with E-state index in [9.17, 15) is 5.26 Å². The molecule has 0 aliphatic heterocycles. The molecule has 0 N–H and O–H groups in total. The molecule has 0 saturated carbocycles. The number of aromatic nitrogens is 2. The molecule has 0 aliphatic rings. The van der Waals surface area contributed by atoms with Crippen LogP contribution in [-0.2, 0) is 18.4 Å². The van der Waals surface area contributed by atoms with Gasteiger partial charge in [-0.1, -0.05) is 60.2 Å². The van der Waals surface area contributed by atoms with E-state index in [-0.39, 0.29) is 18.5 Å². The molecule has 0 bridgehead atoms. The Hall–Kier alpha value is -3.39. The molecular weight excluding hydrogens is 418 g/mol. The summed E-state index contributed by atoms with van der Waals surface area (Å²) >= 11 is 0. The number of imidazole rings is 1. The molecule has 1 aromatic heterocycles. The number of hydrogen-bond donors (Lipinski definition) is 0. The molecule has 1 atom stereocenters. The van der Waals surface area contributed by atoms with E-state index in [1.165, 1.54) is 5.56 Å². The Labute approximate surface area is 195 Å². The molecule has 5 heteroatoms. The zero-order valence-corrected chi connectivity index (χ0v) is 19.3. The summed E-state index contributed by atoms with van der Waals surface area (Å²) < 4.78 is 8.41. The molecule has 0 radical (unpaired) electrons. The molecule has 0 spiro atoms. The van der Waals surface area contributed by atoms with Crippen molar-refractivity contribution in [3.05, 3.63) is 113 Å². The SMILES string of the molecule is Cc1ccc(COC(c2ccc(C#N)c(-c3ccccc3C)c2)c2cncn2C)cc1.Cl. The van der Waals surface area contributed by atoms with Gasteiger partial charge in [0, 0.05) is 12.6 Å². The number of ether oxygens (including phenoxy) is 1. The third-order valence-electron chi connectivity index (χ3n) is 5.56. The van der Waals surface area contributed by atoms with Gasteiger partial charge in [0.25, 0.3) is 0 Å². The van der Waals surface area contributed by atoms with Gasteiger partial charge in [0.1, 0.15) is 6.10 Å². The molecule has 1 unspecified atom stereocenters. The fraction of sp³-hybridized carbons (Fsp3) is 0.185. The van der Waals surface area contributed by atoms with E-state index in [0.29, 0.717) is 12.2 Å². The number of nitriles is 1. The first-order chi connectivity index (χ1) is 15.1. The van der Waals surface area contributed by atoms with Gasteiger partial charge >= 0.3 is 0 Å². The summed E-state index contributed by atoms with van der Waals surface area (Å²) in [4.78, 5) is 4.29. The second kappa shape index (κ2) is 10.3. The van der Waals surface area contributed by atoms with Crippen molar-refractivity contribution in [2.45, 2.75) is 26.6 Å². The van der Waals surface area contributed by atoms with Crippen LogP contribution in [-0.4, -0.2) is 9.55 Å². The third-order valence-corrected chi connectivity index (χ3v) is 5.56. The summed E-state index contributed by atoms with van der Waals surface area (Å²) in [6, 6.07) is 24.8. The van der Waals surface area contributed by atoms with E-state index in [0.717, 1.165) is 33.5 Å². The van der Waals surface area contributed by atoms with E-state index in [1.807, 2.05) is 42.1 Å². The zero-order chi connectivity index (χ0) is 21.8. The first-order valence-corrected chi connectivity index (χ1v) is 10.3. The van der Waals surface area contributed by atoms with Crippen LogP contribution >= 0.6 is 12.4 Å². The Morgan fingerprint density at radius 3 is 2.41 bits per heavy atom. The van der Waals surface area contributed by atoms with Gasteiger partial charge in [-0.2, -0.15) is 5.26 Å². The maximum absolute atomic E-state index is 9.71. The minimum absolute atomic E-state index is 0. The predicted molar refractivity (Wildman–Crippen MR) is 130 cm³/mol. The lowest BCUT2D eigenvalue weighted by Crippen LogP contribution is -2.11. The Morgan fingerprint density at radius 1 is 1.00 bits per heavy atom. The second-order valence-corrected chi connectivity index (χ2v) is 7.84. The van der Waals surface area contributed by atoms with Crippen molar-refractivity contribution >= 4 is 12.4 Å². The van der Waals surface area contributed by atoms with Gasteiger partial charge in [0.2, 0.25) is 0 Å². The Bertz CT molecular complexity index is 1240. The topological polar surface area (TPSA) is 50.8 Å². The Balaban J connectivity index is 0.00000289. The van der Waals surface area contributed by atoms with Crippen LogP contribution in [0.5, 0.6) is 0 Å². The molecule has 0 saturated heterocycles. The van der Waals surface area contributed by atoms with E-state index >= 15 is 0 Å². The van der Waals surface area contributed by atoms with Gasteiger partial charge < -0.3 is 9.30 Å². The number of aryl methyl sites for hydroxylation is 3. The molecule has 3 aromatic carbocycles. The van der Waals surface area contributed by atoms with Crippen LogP contribution in [0.4, 0.5) is 0 Å². The molecule has 0 aliphatic carbocycles. The molecule has 4 rings (SSSR count). The molecular formula is C27H26ClN3O. The average Bonchev–Trinajstić information content (AvgIpc) is 3.21. The quantitative estimate of drug-likeness (QED) is 0.351. The fourth-order valence-corrected chi connectivity index (χ4v) is 3.76. The highest BCUT2D eigenvalue weighted by atomic mass is 35.5. The van der Waals surface area contributed by atoms with Crippen LogP contribution in [0, 0.1) is 25.2 Å².